The molecule has 2 rings (SSSR count). The Labute approximate surface area is 161 Å². The maximum atomic E-state index is 5.80. The molecule has 0 aliphatic rings. The molecule has 0 amide bonds. The smallest absolute Gasteiger partial charge is 0.191 e. The van der Waals surface area contributed by atoms with Crippen molar-refractivity contribution in [2.45, 2.75) is 19.9 Å². The summed E-state index contributed by atoms with van der Waals surface area (Å²) in [5.74, 6) is 3.12. The maximum absolute atomic E-state index is 5.80. The van der Waals surface area contributed by atoms with Crippen LogP contribution in [-0.2, 0) is 6.54 Å². The van der Waals surface area contributed by atoms with Crippen LogP contribution in [0.15, 0.2) is 47.5 Å². The van der Waals surface area contributed by atoms with E-state index in [4.69, 9.17) is 14.2 Å². The molecule has 27 heavy (non-hydrogen) atoms. The lowest BCUT2D eigenvalue weighted by Gasteiger charge is -2.14. The highest BCUT2D eigenvalue weighted by Gasteiger charge is 2.05. The molecule has 6 heteroatoms. The molecule has 2 aromatic carbocycles. The molecule has 0 bridgehead atoms. The van der Waals surface area contributed by atoms with Crippen LogP contribution in [0.4, 0.5) is 0 Å². The quantitative estimate of drug-likeness (QED) is 0.403. The van der Waals surface area contributed by atoms with Crippen molar-refractivity contribution in [3.63, 3.8) is 0 Å². The second kappa shape index (κ2) is 11.0. The van der Waals surface area contributed by atoms with E-state index in [1.807, 2.05) is 49.4 Å². The van der Waals surface area contributed by atoms with Gasteiger partial charge in [0.25, 0.3) is 0 Å². The first kappa shape index (κ1) is 20.4. The maximum Gasteiger partial charge on any atom is 0.191 e. The van der Waals surface area contributed by atoms with Crippen LogP contribution in [0.25, 0.3) is 0 Å². The molecule has 0 spiro atoms. The first-order valence-electron chi connectivity index (χ1n) is 9.01. The first-order chi connectivity index (χ1) is 13.2. The number of nitrogens with one attached hydrogen (secondary N) is 2. The number of hydrogen-bond donors (Lipinski definition) is 2. The number of nitrogens with zero attached hydrogens (tertiary/aromatic N) is 1. The van der Waals surface area contributed by atoms with E-state index in [-0.39, 0.29) is 0 Å². The van der Waals surface area contributed by atoms with Crippen LogP contribution in [0.1, 0.15) is 17.5 Å². The number of methoxy groups -OCH3 is 2. The van der Waals surface area contributed by atoms with Gasteiger partial charge in [-0.15, -0.1) is 0 Å². The van der Waals surface area contributed by atoms with E-state index in [9.17, 15) is 0 Å². The normalized spacial score (nSPS) is 11.0. The van der Waals surface area contributed by atoms with E-state index in [2.05, 4.69) is 15.6 Å². The van der Waals surface area contributed by atoms with Gasteiger partial charge in [-0.25, -0.2) is 0 Å². The molecular formula is C21H29N3O3. The number of aliphatic imine (C=N–C) groups is 1. The van der Waals surface area contributed by atoms with Crippen molar-refractivity contribution in [3.8, 4) is 17.2 Å². The fourth-order valence-corrected chi connectivity index (χ4v) is 2.58. The summed E-state index contributed by atoms with van der Waals surface area (Å²) in [6.45, 7) is 4.12. The van der Waals surface area contributed by atoms with Gasteiger partial charge in [-0.1, -0.05) is 24.3 Å². The van der Waals surface area contributed by atoms with Crippen molar-refractivity contribution in [2.24, 2.45) is 4.99 Å². The molecule has 0 aliphatic carbocycles. The number of guanidine groups is 1. The summed E-state index contributed by atoms with van der Waals surface area (Å²) in [6.07, 6.45) is 0.880. The van der Waals surface area contributed by atoms with Crippen molar-refractivity contribution >= 4 is 5.96 Å². The highest BCUT2D eigenvalue weighted by molar-refractivity contribution is 5.79. The van der Waals surface area contributed by atoms with Crippen molar-refractivity contribution in [2.75, 3.05) is 34.4 Å². The third-order valence-corrected chi connectivity index (χ3v) is 4.10. The summed E-state index contributed by atoms with van der Waals surface area (Å²) >= 11 is 0. The number of rotatable bonds is 9. The van der Waals surface area contributed by atoms with Crippen molar-refractivity contribution < 1.29 is 14.2 Å². The van der Waals surface area contributed by atoms with Crippen LogP contribution < -0.4 is 24.8 Å². The molecule has 0 aromatic heterocycles. The fourth-order valence-electron chi connectivity index (χ4n) is 2.58. The lowest BCUT2D eigenvalue weighted by Crippen LogP contribution is -2.37. The van der Waals surface area contributed by atoms with E-state index in [0.717, 1.165) is 41.6 Å². The minimum absolute atomic E-state index is 0.639. The van der Waals surface area contributed by atoms with Gasteiger partial charge in [0, 0.05) is 20.1 Å². The minimum Gasteiger partial charge on any atom is -0.493 e. The third kappa shape index (κ3) is 6.40. The monoisotopic (exact) mass is 371 g/mol. The average molecular weight is 371 g/mol. The molecule has 0 saturated heterocycles. The van der Waals surface area contributed by atoms with E-state index in [0.29, 0.717) is 18.9 Å². The van der Waals surface area contributed by atoms with E-state index >= 15 is 0 Å². The van der Waals surface area contributed by atoms with Crippen LogP contribution in [0.5, 0.6) is 17.2 Å². The average Bonchev–Trinajstić information content (AvgIpc) is 2.71. The van der Waals surface area contributed by atoms with E-state index in [1.54, 1.807) is 21.3 Å². The lowest BCUT2D eigenvalue weighted by molar-refractivity contribution is 0.309. The Bertz CT molecular complexity index is 747. The number of para-hydroxylation sites is 1. The zero-order chi connectivity index (χ0) is 19.5. The Hall–Kier alpha value is -2.89. The summed E-state index contributed by atoms with van der Waals surface area (Å²) in [4.78, 5) is 4.25. The van der Waals surface area contributed by atoms with Gasteiger partial charge >= 0.3 is 0 Å². The van der Waals surface area contributed by atoms with Gasteiger partial charge in [0.1, 0.15) is 5.75 Å². The molecule has 0 atom stereocenters. The van der Waals surface area contributed by atoms with Gasteiger partial charge in [-0.05, 0) is 42.7 Å². The predicted molar refractivity (Wildman–Crippen MR) is 109 cm³/mol. The molecule has 0 saturated carbocycles. The fraction of sp³-hybridized carbons (Fsp3) is 0.381. The number of ether oxygens (including phenoxy) is 3. The summed E-state index contributed by atoms with van der Waals surface area (Å²) in [7, 11) is 5.02. The molecule has 0 unspecified atom stereocenters. The molecule has 2 aromatic rings. The number of benzene rings is 2. The second-order valence-electron chi connectivity index (χ2n) is 6.01. The predicted octanol–water partition coefficient (Wildman–Crippen LogP) is 3.15. The Morgan fingerprint density at radius 3 is 2.44 bits per heavy atom. The Balaban J connectivity index is 1.72. The topological polar surface area (TPSA) is 64.1 Å². The highest BCUT2D eigenvalue weighted by atomic mass is 16.5. The van der Waals surface area contributed by atoms with Gasteiger partial charge in [0.15, 0.2) is 17.5 Å². The molecule has 6 nitrogen and oxygen atoms in total. The highest BCUT2D eigenvalue weighted by Crippen LogP contribution is 2.27. The Morgan fingerprint density at radius 1 is 0.963 bits per heavy atom. The third-order valence-electron chi connectivity index (χ3n) is 4.10. The zero-order valence-corrected chi connectivity index (χ0v) is 16.5. The summed E-state index contributed by atoms with van der Waals surface area (Å²) < 4.78 is 16.4. The molecule has 0 aliphatic heterocycles. The van der Waals surface area contributed by atoms with Gasteiger partial charge in [0.05, 0.1) is 20.8 Å². The lowest BCUT2D eigenvalue weighted by atomic mass is 10.2. The number of hydrogen-bond acceptors (Lipinski definition) is 4. The van der Waals surface area contributed by atoms with E-state index in [1.165, 1.54) is 0 Å². The van der Waals surface area contributed by atoms with Gasteiger partial charge in [-0.2, -0.15) is 0 Å². The summed E-state index contributed by atoms with van der Waals surface area (Å²) in [5.41, 5.74) is 2.23. The largest absolute Gasteiger partial charge is 0.493 e. The van der Waals surface area contributed by atoms with Gasteiger partial charge < -0.3 is 24.8 Å². The van der Waals surface area contributed by atoms with Crippen molar-refractivity contribution in [3.05, 3.63) is 53.6 Å². The van der Waals surface area contributed by atoms with E-state index < -0.39 is 0 Å². The molecule has 146 valence electrons. The van der Waals surface area contributed by atoms with Crippen molar-refractivity contribution in [1.29, 1.82) is 0 Å². The number of aryl methyl sites for hydroxylation is 1. The van der Waals surface area contributed by atoms with Crippen LogP contribution in [0.2, 0.25) is 0 Å². The molecule has 0 radical (unpaired) electrons. The minimum atomic E-state index is 0.639. The van der Waals surface area contributed by atoms with Crippen molar-refractivity contribution in [1.82, 2.24) is 10.6 Å². The second-order valence-corrected chi connectivity index (χ2v) is 6.01. The molecule has 0 heterocycles. The Morgan fingerprint density at radius 2 is 1.74 bits per heavy atom. The van der Waals surface area contributed by atoms with Gasteiger partial charge in [-0.3, -0.25) is 4.99 Å². The molecule has 2 N–H and O–H groups in total. The summed E-state index contributed by atoms with van der Waals surface area (Å²) in [5, 5.41) is 6.59. The van der Waals surface area contributed by atoms with Crippen LogP contribution in [0.3, 0.4) is 0 Å². The zero-order valence-electron chi connectivity index (χ0n) is 16.5. The van der Waals surface area contributed by atoms with Crippen LogP contribution in [0, 0.1) is 6.92 Å². The SMILES string of the molecule is CN=C(NCCCOc1ccccc1C)NCc1ccc(OC)c(OC)c1. The first-order valence-corrected chi connectivity index (χ1v) is 9.01. The Kier molecular flexibility index (Phi) is 8.29. The summed E-state index contributed by atoms with van der Waals surface area (Å²) in [6, 6.07) is 13.9. The van der Waals surface area contributed by atoms with Gasteiger partial charge in [0.2, 0.25) is 0 Å². The standard InChI is InChI=1S/C21H29N3O3/c1-16-8-5-6-9-18(16)27-13-7-12-23-21(22-2)24-15-17-10-11-19(25-3)20(14-17)26-4/h5-6,8-11,14H,7,12-13,15H2,1-4H3,(H2,22,23,24). The molecule has 0 fully saturated rings. The molecular weight excluding hydrogens is 342 g/mol. The van der Waals surface area contributed by atoms with Crippen LogP contribution >= 0.6 is 0 Å². The van der Waals surface area contributed by atoms with Crippen LogP contribution in [-0.4, -0.2) is 40.4 Å².